The minimum atomic E-state index is 0.543. The highest BCUT2D eigenvalue weighted by molar-refractivity contribution is 5.82. The Morgan fingerprint density at radius 3 is 2.28 bits per heavy atom. The van der Waals surface area contributed by atoms with E-state index in [9.17, 15) is 0 Å². The number of aryl methyl sites for hydroxylation is 3. The fourth-order valence-electron chi connectivity index (χ4n) is 5.19. The minimum Gasteiger partial charge on any atom is -0.0617 e. The molecular formula is C25H24. The van der Waals surface area contributed by atoms with Gasteiger partial charge in [0.15, 0.2) is 0 Å². The standard InChI is InChI=1S/C25H24/c1-15-5-4-6-18(13-15)19-11-12-22-23-14-16(2)7-9-20(23)21-10-8-17(3)24(19)25(21)22/h4-10,13-14,19,22H,11-12H2,1-3H3. The first-order valence-electron chi connectivity index (χ1n) is 9.44. The van der Waals surface area contributed by atoms with E-state index in [-0.39, 0.29) is 0 Å². The van der Waals surface area contributed by atoms with Gasteiger partial charge in [0.2, 0.25) is 0 Å². The van der Waals surface area contributed by atoms with Crippen molar-refractivity contribution in [3.8, 4) is 11.1 Å². The van der Waals surface area contributed by atoms with E-state index in [0.717, 1.165) is 0 Å². The van der Waals surface area contributed by atoms with Crippen LogP contribution in [0.15, 0.2) is 54.6 Å². The highest BCUT2D eigenvalue weighted by atomic mass is 14.4. The first kappa shape index (κ1) is 15.0. The third kappa shape index (κ3) is 2.13. The third-order valence-electron chi connectivity index (χ3n) is 6.26. The molecule has 0 bridgehead atoms. The predicted octanol–water partition coefficient (Wildman–Crippen LogP) is 6.65. The average molecular weight is 324 g/mol. The number of hydrogen-bond donors (Lipinski definition) is 0. The molecule has 0 heteroatoms. The van der Waals surface area contributed by atoms with Crippen molar-refractivity contribution >= 4 is 0 Å². The van der Waals surface area contributed by atoms with E-state index >= 15 is 0 Å². The lowest BCUT2D eigenvalue weighted by Gasteiger charge is -2.32. The summed E-state index contributed by atoms with van der Waals surface area (Å²) in [6, 6.07) is 20.9. The van der Waals surface area contributed by atoms with Crippen molar-refractivity contribution in [2.45, 2.75) is 45.4 Å². The molecule has 3 aromatic rings. The van der Waals surface area contributed by atoms with Gasteiger partial charge in [0, 0.05) is 11.8 Å². The second-order valence-electron chi connectivity index (χ2n) is 7.94. The van der Waals surface area contributed by atoms with Gasteiger partial charge in [-0.15, -0.1) is 0 Å². The fraction of sp³-hybridized carbons (Fsp3) is 0.280. The zero-order valence-electron chi connectivity index (χ0n) is 15.3. The van der Waals surface area contributed by atoms with Crippen LogP contribution >= 0.6 is 0 Å². The molecule has 0 N–H and O–H groups in total. The van der Waals surface area contributed by atoms with Crippen LogP contribution in [0.5, 0.6) is 0 Å². The Bertz CT molecular complexity index is 993. The van der Waals surface area contributed by atoms with Crippen molar-refractivity contribution in [3.63, 3.8) is 0 Å². The van der Waals surface area contributed by atoms with E-state index < -0.39 is 0 Å². The van der Waals surface area contributed by atoms with Crippen LogP contribution in [0.3, 0.4) is 0 Å². The molecule has 0 saturated heterocycles. The molecule has 0 aliphatic heterocycles. The molecule has 2 aliphatic carbocycles. The summed E-state index contributed by atoms with van der Waals surface area (Å²) in [5.74, 6) is 1.14. The molecule has 0 aromatic heterocycles. The van der Waals surface area contributed by atoms with Crippen molar-refractivity contribution in [3.05, 3.63) is 93.5 Å². The first-order valence-corrected chi connectivity index (χ1v) is 9.44. The SMILES string of the molecule is Cc1cccc(C2CCC3c4cc(C)ccc4-c4ccc(C)c2c43)c1. The fourth-order valence-corrected chi connectivity index (χ4v) is 5.19. The van der Waals surface area contributed by atoms with Crippen molar-refractivity contribution in [2.75, 3.05) is 0 Å². The third-order valence-corrected chi connectivity index (χ3v) is 6.26. The molecule has 2 unspecified atom stereocenters. The van der Waals surface area contributed by atoms with E-state index in [1.54, 1.807) is 16.7 Å². The van der Waals surface area contributed by atoms with E-state index in [4.69, 9.17) is 0 Å². The maximum absolute atomic E-state index is 2.42. The Kier molecular flexibility index (Phi) is 3.19. The monoisotopic (exact) mass is 324 g/mol. The van der Waals surface area contributed by atoms with Crippen LogP contribution in [-0.2, 0) is 0 Å². The number of hydrogen-bond acceptors (Lipinski definition) is 0. The molecule has 25 heavy (non-hydrogen) atoms. The van der Waals surface area contributed by atoms with Crippen LogP contribution in [0.4, 0.5) is 0 Å². The lowest BCUT2D eigenvalue weighted by Crippen LogP contribution is -2.16. The van der Waals surface area contributed by atoms with Gasteiger partial charge < -0.3 is 0 Å². The van der Waals surface area contributed by atoms with E-state index in [2.05, 4.69) is 75.4 Å². The van der Waals surface area contributed by atoms with Gasteiger partial charge in [-0.25, -0.2) is 0 Å². The number of benzene rings is 3. The average Bonchev–Trinajstić information content (AvgIpc) is 2.92. The molecule has 5 rings (SSSR count). The van der Waals surface area contributed by atoms with E-state index in [0.29, 0.717) is 11.8 Å². The molecule has 0 radical (unpaired) electrons. The largest absolute Gasteiger partial charge is 0.0617 e. The van der Waals surface area contributed by atoms with Crippen LogP contribution in [-0.4, -0.2) is 0 Å². The van der Waals surface area contributed by atoms with Crippen LogP contribution in [0.1, 0.15) is 63.6 Å². The summed E-state index contributed by atoms with van der Waals surface area (Å²) < 4.78 is 0. The van der Waals surface area contributed by atoms with Crippen molar-refractivity contribution < 1.29 is 0 Å². The van der Waals surface area contributed by atoms with Crippen molar-refractivity contribution in [1.82, 2.24) is 0 Å². The van der Waals surface area contributed by atoms with Gasteiger partial charge in [-0.05, 0) is 72.6 Å². The molecular weight excluding hydrogens is 300 g/mol. The second-order valence-corrected chi connectivity index (χ2v) is 7.94. The molecule has 0 saturated carbocycles. The Labute approximate surface area is 150 Å². The zero-order valence-corrected chi connectivity index (χ0v) is 15.3. The van der Waals surface area contributed by atoms with Gasteiger partial charge in [0.25, 0.3) is 0 Å². The summed E-state index contributed by atoms with van der Waals surface area (Å²) >= 11 is 0. The highest BCUT2D eigenvalue weighted by Crippen LogP contribution is 2.55. The molecule has 0 heterocycles. The van der Waals surface area contributed by atoms with E-state index in [1.165, 1.54) is 46.2 Å². The Morgan fingerprint density at radius 1 is 0.680 bits per heavy atom. The van der Waals surface area contributed by atoms with Gasteiger partial charge >= 0.3 is 0 Å². The summed E-state index contributed by atoms with van der Waals surface area (Å²) in [4.78, 5) is 0. The smallest absolute Gasteiger partial charge is 0.0105 e. The summed E-state index contributed by atoms with van der Waals surface area (Å²) in [6.45, 7) is 6.72. The summed E-state index contributed by atoms with van der Waals surface area (Å²) in [7, 11) is 0. The summed E-state index contributed by atoms with van der Waals surface area (Å²) in [5.41, 5.74) is 13.4. The summed E-state index contributed by atoms with van der Waals surface area (Å²) in [5, 5.41) is 0. The minimum absolute atomic E-state index is 0.543. The molecule has 3 aromatic carbocycles. The Balaban J connectivity index is 1.75. The van der Waals surface area contributed by atoms with Crippen LogP contribution < -0.4 is 0 Å². The highest BCUT2D eigenvalue weighted by Gasteiger charge is 2.37. The van der Waals surface area contributed by atoms with Crippen LogP contribution in [0.25, 0.3) is 11.1 Å². The van der Waals surface area contributed by atoms with E-state index in [1.807, 2.05) is 0 Å². The topological polar surface area (TPSA) is 0 Å². The van der Waals surface area contributed by atoms with Gasteiger partial charge in [-0.2, -0.15) is 0 Å². The van der Waals surface area contributed by atoms with Gasteiger partial charge in [0.05, 0.1) is 0 Å². The molecule has 0 amide bonds. The van der Waals surface area contributed by atoms with Gasteiger partial charge in [0.1, 0.15) is 0 Å². The maximum atomic E-state index is 2.42. The zero-order chi connectivity index (χ0) is 17.1. The lowest BCUT2D eigenvalue weighted by atomic mass is 9.72. The number of fused-ring (bicyclic) bond motifs is 3. The van der Waals surface area contributed by atoms with Crippen LogP contribution in [0.2, 0.25) is 0 Å². The molecule has 0 nitrogen and oxygen atoms in total. The molecule has 2 atom stereocenters. The number of rotatable bonds is 1. The molecule has 0 spiro atoms. The molecule has 2 aliphatic rings. The van der Waals surface area contributed by atoms with Crippen molar-refractivity contribution in [1.29, 1.82) is 0 Å². The maximum Gasteiger partial charge on any atom is 0.0105 e. The summed E-state index contributed by atoms with van der Waals surface area (Å²) in [6.07, 6.45) is 2.51. The molecule has 0 fully saturated rings. The Hall–Kier alpha value is -2.34. The van der Waals surface area contributed by atoms with Gasteiger partial charge in [-0.1, -0.05) is 65.7 Å². The predicted molar refractivity (Wildman–Crippen MR) is 105 cm³/mol. The lowest BCUT2D eigenvalue weighted by molar-refractivity contribution is 0.570. The normalized spacial score (nSPS) is 20.3. The first-order chi connectivity index (χ1) is 12.1. The Morgan fingerprint density at radius 2 is 1.44 bits per heavy atom. The van der Waals surface area contributed by atoms with Crippen LogP contribution in [0, 0.1) is 20.8 Å². The van der Waals surface area contributed by atoms with Crippen molar-refractivity contribution in [2.24, 2.45) is 0 Å². The molecule has 124 valence electrons. The quantitative estimate of drug-likeness (QED) is 0.470. The second kappa shape index (κ2) is 5.33. The van der Waals surface area contributed by atoms with Gasteiger partial charge in [-0.3, -0.25) is 0 Å².